The summed E-state index contributed by atoms with van der Waals surface area (Å²) in [5, 5.41) is 0. The van der Waals surface area contributed by atoms with E-state index in [2.05, 4.69) is 40.8 Å². The molecule has 0 saturated carbocycles. The van der Waals surface area contributed by atoms with Crippen LogP contribution in [0.15, 0.2) is 42.9 Å². The van der Waals surface area contributed by atoms with Gasteiger partial charge in [-0.3, -0.25) is 9.20 Å². The molecule has 1 aliphatic rings. The number of rotatable bonds is 4. The van der Waals surface area contributed by atoms with Gasteiger partial charge < -0.3 is 9.80 Å². The van der Waals surface area contributed by atoms with Crippen LogP contribution < -0.4 is 4.90 Å². The van der Waals surface area contributed by atoms with E-state index in [1.165, 1.54) is 11.8 Å². The summed E-state index contributed by atoms with van der Waals surface area (Å²) in [6, 6.07) is 8.30. The normalized spacial score (nSPS) is 14.9. The number of amides is 1. The van der Waals surface area contributed by atoms with Crippen LogP contribution >= 0.6 is 0 Å². The van der Waals surface area contributed by atoms with E-state index in [-0.39, 0.29) is 5.91 Å². The Kier molecular flexibility index (Phi) is 4.98. The van der Waals surface area contributed by atoms with Crippen molar-refractivity contribution in [1.29, 1.82) is 0 Å². The molecule has 4 rings (SSSR count). The van der Waals surface area contributed by atoms with Crippen molar-refractivity contribution >= 4 is 17.5 Å². The maximum absolute atomic E-state index is 13.3. The Labute approximate surface area is 163 Å². The molecule has 0 N–H and O–H groups in total. The molecule has 0 spiro atoms. The molecule has 28 heavy (non-hydrogen) atoms. The molecule has 0 unspecified atom stereocenters. The molecule has 7 heteroatoms. The van der Waals surface area contributed by atoms with E-state index < -0.39 is 5.82 Å². The number of anilines is 1. The average molecular weight is 381 g/mol. The van der Waals surface area contributed by atoms with Gasteiger partial charge in [-0.05, 0) is 17.0 Å². The molecule has 6 nitrogen and oxygen atoms in total. The summed E-state index contributed by atoms with van der Waals surface area (Å²) in [5.74, 6) is 1.47. The number of carbonyl (C=O) groups excluding carboxylic acids is 1. The van der Waals surface area contributed by atoms with E-state index in [1.54, 1.807) is 10.6 Å². The Hall–Kier alpha value is -2.96. The predicted molar refractivity (Wildman–Crippen MR) is 106 cm³/mol. The van der Waals surface area contributed by atoms with Crippen molar-refractivity contribution in [2.45, 2.75) is 26.2 Å². The van der Waals surface area contributed by atoms with Gasteiger partial charge in [-0.2, -0.15) is 4.98 Å². The topological polar surface area (TPSA) is 53.7 Å². The maximum Gasteiger partial charge on any atom is 0.235 e. The molecule has 1 aliphatic heterocycles. The van der Waals surface area contributed by atoms with Crippen molar-refractivity contribution in [2.75, 3.05) is 31.1 Å². The molecule has 1 saturated heterocycles. The number of halogens is 1. The van der Waals surface area contributed by atoms with Crippen LogP contribution in [0.5, 0.6) is 0 Å². The van der Waals surface area contributed by atoms with E-state index in [0.29, 0.717) is 44.3 Å². The number of imidazole rings is 1. The number of hydrogen-bond acceptors (Lipinski definition) is 4. The van der Waals surface area contributed by atoms with Crippen LogP contribution in [-0.2, 0) is 11.2 Å². The van der Waals surface area contributed by atoms with Gasteiger partial charge in [0.2, 0.25) is 11.7 Å². The van der Waals surface area contributed by atoms with Crippen LogP contribution in [0.25, 0.3) is 5.78 Å². The first kappa shape index (κ1) is 18.4. The largest absolute Gasteiger partial charge is 0.352 e. The summed E-state index contributed by atoms with van der Waals surface area (Å²) in [4.78, 5) is 25.1. The second-order valence-corrected chi connectivity index (χ2v) is 7.52. The summed E-state index contributed by atoms with van der Waals surface area (Å²) in [7, 11) is 0. The Bertz CT molecular complexity index is 974. The number of benzene rings is 1. The SMILES string of the molecule is CC(C)c1ccc(CC(=O)N2CCN(c3cn4cc(F)cnc4n3)CC2)cc1. The van der Waals surface area contributed by atoms with Gasteiger partial charge in [0.05, 0.1) is 18.8 Å². The zero-order chi connectivity index (χ0) is 19.7. The number of aromatic nitrogens is 3. The number of fused-ring (bicyclic) bond motifs is 1. The molecule has 3 heterocycles. The third-order valence-corrected chi connectivity index (χ3v) is 5.22. The first-order valence-electron chi connectivity index (χ1n) is 9.61. The highest BCUT2D eigenvalue weighted by Gasteiger charge is 2.23. The Morgan fingerprint density at radius 2 is 1.82 bits per heavy atom. The Balaban J connectivity index is 1.35. The van der Waals surface area contributed by atoms with Gasteiger partial charge >= 0.3 is 0 Å². The molecule has 146 valence electrons. The van der Waals surface area contributed by atoms with Gasteiger partial charge in [-0.15, -0.1) is 0 Å². The minimum absolute atomic E-state index is 0.149. The summed E-state index contributed by atoms with van der Waals surface area (Å²) >= 11 is 0. The lowest BCUT2D eigenvalue weighted by Crippen LogP contribution is -2.49. The third-order valence-electron chi connectivity index (χ3n) is 5.22. The lowest BCUT2D eigenvalue weighted by molar-refractivity contribution is -0.130. The number of carbonyl (C=O) groups is 1. The number of piperazine rings is 1. The molecule has 0 radical (unpaired) electrons. The van der Waals surface area contributed by atoms with Gasteiger partial charge in [0.25, 0.3) is 0 Å². The van der Waals surface area contributed by atoms with E-state index >= 15 is 0 Å². The fourth-order valence-electron chi connectivity index (χ4n) is 3.49. The van der Waals surface area contributed by atoms with Gasteiger partial charge in [-0.25, -0.2) is 9.37 Å². The van der Waals surface area contributed by atoms with Crippen molar-refractivity contribution in [3.8, 4) is 0 Å². The first-order chi connectivity index (χ1) is 13.5. The summed E-state index contributed by atoms with van der Waals surface area (Å²) in [6.07, 6.45) is 4.73. The van der Waals surface area contributed by atoms with Crippen LogP contribution in [0.2, 0.25) is 0 Å². The first-order valence-corrected chi connectivity index (χ1v) is 9.61. The summed E-state index contributed by atoms with van der Waals surface area (Å²) < 4.78 is 14.9. The van der Waals surface area contributed by atoms with Gasteiger partial charge in [-0.1, -0.05) is 38.1 Å². The average Bonchev–Trinajstić information content (AvgIpc) is 3.11. The van der Waals surface area contributed by atoms with E-state index in [9.17, 15) is 9.18 Å². The molecule has 1 amide bonds. The zero-order valence-corrected chi connectivity index (χ0v) is 16.2. The van der Waals surface area contributed by atoms with Crippen LogP contribution in [-0.4, -0.2) is 51.4 Å². The second kappa shape index (κ2) is 7.58. The van der Waals surface area contributed by atoms with Gasteiger partial charge in [0, 0.05) is 32.4 Å². The smallest absolute Gasteiger partial charge is 0.235 e. The van der Waals surface area contributed by atoms with Crippen LogP contribution in [0, 0.1) is 5.82 Å². The molecule has 3 aromatic rings. The summed E-state index contributed by atoms with van der Waals surface area (Å²) in [5.41, 5.74) is 2.33. The van der Waals surface area contributed by atoms with Gasteiger partial charge in [0.1, 0.15) is 5.82 Å². The molecule has 1 fully saturated rings. The van der Waals surface area contributed by atoms with Crippen molar-refractivity contribution in [3.05, 3.63) is 59.8 Å². The fraction of sp³-hybridized carbons (Fsp3) is 0.381. The molecule has 0 bridgehead atoms. The maximum atomic E-state index is 13.3. The van der Waals surface area contributed by atoms with Crippen LogP contribution in [0.3, 0.4) is 0 Å². The van der Waals surface area contributed by atoms with Crippen molar-refractivity contribution in [1.82, 2.24) is 19.3 Å². The molecule has 2 aromatic heterocycles. The van der Waals surface area contributed by atoms with Crippen molar-refractivity contribution in [3.63, 3.8) is 0 Å². The highest BCUT2D eigenvalue weighted by molar-refractivity contribution is 5.79. The highest BCUT2D eigenvalue weighted by Crippen LogP contribution is 2.18. The quantitative estimate of drug-likeness (QED) is 0.697. The lowest BCUT2D eigenvalue weighted by atomic mass is 10.0. The molecule has 0 atom stereocenters. The lowest BCUT2D eigenvalue weighted by Gasteiger charge is -2.34. The molecule has 0 aliphatic carbocycles. The Morgan fingerprint density at radius 3 is 2.50 bits per heavy atom. The second-order valence-electron chi connectivity index (χ2n) is 7.52. The zero-order valence-electron chi connectivity index (χ0n) is 16.2. The predicted octanol–water partition coefficient (Wildman–Crippen LogP) is 2.88. The van der Waals surface area contributed by atoms with E-state index in [0.717, 1.165) is 17.6 Å². The monoisotopic (exact) mass is 381 g/mol. The molecule has 1 aromatic carbocycles. The van der Waals surface area contributed by atoms with Crippen LogP contribution in [0.1, 0.15) is 30.9 Å². The summed E-state index contributed by atoms with van der Waals surface area (Å²) in [6.45, 7) is 7.02. The fourth-order valence-corrected chi connectivity index (χ4v) is 3.49. The van der Waals surface area contributed by atoms with Crippen molar-refractivity contribution < 1.29 is 9.18 Å². The third kappa shape index (κ3) is 3.83. The number of hydrogen-bond donors (Lipinski definition) is 0. The minimum atomic E-state index is -0.395. The standard InChI is InChI=1S/C21H24FN5O/c1-15(2)17-5-3-16(4-6-17)11-20(28)26-9-7-25(8-10-26)19-14-27-13-18(22)12-23-21(27)24-19/h3-6,12-15H,7-11H2,1-2H3. The van der Waals surface area contributed by atoms with Crippen molar-refractivity contribution in [2.24, 2.45) is 0 Å². The van der Waals surface area contributed by atoms with Crippen LogP contribution in [0.4, 0.5) is 10.2 Å². The van der Waals surface area contributed by atoms with E-state index in [4.69, 9.17) is 0 Å². The highest BCUT2D eigenvalue weighted by atomic mass is 19.1. The Morgan fingerprint density at radius 1 is 1.11 bits per heavy atom. The molecular formula is C21H24FN5O. The van der Waals surface area contributed by atoms with E-state index in [1.807, 2.05) is 17.0 Å². The molecular weight excluding hydrogens is 357 g/mol. The minimum Gasteiger partial charge on any atom is -0.352 e. The van der Waals surface area contributed by atoms with Gasteiger partial charge in [0.15, 0.2) is 5.82 Å². The number of nitrogens with zero attached hydrogens (tertiary/aromatic N) is 5.